The first kappa shape index (κ1) is 21.5. The van der Waals surface area contributed by atoms with Gasteiger partial charge in [0.25, 0.3) is 0 Å². The first-order valence-electron chi connectivity index (χ1n) is 9.36. The Balaban J connectivity index is 2.02. The Hall–Kier alpha value is -1.80. The third-order valence-electron chi connectivity index (χ3n) is 5.12. The molecule has 0 aliphatic carbocycles. The van der Waals surface area contributed by atoms with Crippen LogP contribution in [0.3, 0.4) is 0 Å². The van der Waals surface area contributed by atoms with Crippen LogP contribution in [0.15, 0.2) is 18.2 Å². The summed E-state index contributed by atoms with van der Waals surface area (Å²) in [4.78, 5) is 12.7. The maximum absolute atomic E-state index is 12.7. The van der Waals surface area contributed by atoms with E-state index in [0.29, 0.717) is 37.4 Å². The molecule has 1 aliphatic rings. The van der Waals surface area contributed by atoms with Gasteiger partial charge in [-0.15, -0.1) is 0 Å². The van der Waals surface area contributed by atoms with Crippen LogP contribution in [0.2, 0.25) is 0 Å². The van der Waals surface area contributed by atoms with Gasteiger partial charge >= 0.3 is 0 Å². The number of sulfonamides is 1. The van der Waals surface area contributed by atoms with Crippen molar-refractivity contribution in [2.24, 2.45) is 5.92 Å². The van der Waals surface area contributed by atoms with Gasteiger partial charge in [0.1, 0.15) is 0 Å². The molecule has 2 rings (SSSR count). The fraction of sp³-hybridized carbons (Fsp3) is 0.632. The lowest BCUT2D eigenvalue weighted by Crippen LogP contribution is -2.44. The number of nitrogens with zero attached hydrogens (tertiary/aromatic N) is 1. The Bertz CT molecular complexity index is 742. The standard InChI is InChI=1S/C19H30N2O5S/c1-5-16(15-7-8-17(25-3)18(13-15)26-4)20-19(22)14-9-11-21(12-10-14)27(23,24)6-2/h7-8,13-14,16H,5-6,9-12H2,1-4H3,(H,20,22)/t16-/m0/s1. The quantitative estimate of drug-likeness (QED) is 0.726. The van der Waals surface area contributed by atoms with Gasteiger partial charge in [0.15, 0.2) is 11.5 Å². The first-order valence-corrected chi connectivity index (χ1v) is 11.0. The highest BCUT2D eigenvalue weighted by atomic mass is 32.2. The first-order chi connectivity index (χ1) is 12.9. The summed E-state index contributed by atoms with van der Waals surface area (Å²) < 4.78 is 36.0. The van der Waals surface area contributed by atoms with Crippen molar-refractivity contribution in [3.8, 4) is 11.5 Å². The lowest BCUT2D eigenvalue weighted by molar-refractivity contribution is -0.126. The molecule has 7 nitrogen and oxygen atoms in total. The summed E-state index contributed by atoms with van der Waals surface area (Å²) in [7, 11) is -0.0119. The van der Waals surface area contributed by atoms with Gasteiger partial charge in [-0.1, -0.05) is 13.0 Å². The minimum atomic E-state index is -3.18. The minimum absolute atomic E-state index is 0.0230. The summed E-state index contributed by atoms with van der Waals surface area (Å²) in [6, 6.07) is 5.50. The average Bonchev–Trinajstić information content (AvgIpc) is 2.71. The Morgan fingerprint density at radius 2 is 1.81 bits per heavy atom. The molecule has 8 heteroatoms. The molecule has 0 radical (unpaired) electrons. The van der Waals surface area contributed by atoms with Crippen molar-refractivity contribution in [2.45, 2.75) is 39.2 Å². The van der Waals surface area contributed by atoms with E-state index in [9.17, 15) is 13.2 Å². The number of piperidine rings is 1. The molecule has 1 atom stereocenters. The molecule has 1 saturated heterocycles. The topological polar surface area (TPSA) is 84.9 Å². The van der Waals surface area contributed by atoms with Crippen molar-refractivity contribution in [3.63, 3.8) is 0 Å². The number of carbonyl (C=O) groups excluding carboxylic acids is 1. The van der Waals surface area contributed by atoms with Gasteiger partial charge in [0.05, 0.1) is 26.0 Å². The Morgan fingerprint density at radius 1 is 1.19 bits per heavy atom. The van der Waals surface area contributed by atoms with E-state index in [1.807, 2.05) is 25.1 Å². The van der Waals surface area contributed by atoms with Crippen LogP contribution in [0.1, 0.15) is 44.7 Å². The van der Waals surface area contributed by atoms with Crippen molar-refractivity contribution >= 4 is 15.9 Å². The lowest BCUT2D eigenvalue weighted by atomic mass is 9.95. The van der Waals surface area contributed by atoms with Crippen LogP contribution >= 0.6 is 0 Å². The van der Waals surface area contributed by atoms with Crippen LogP contribution in [0, 0.1) is 5.92 Å². The van der Waals surface area contributed by atoms with E-state index >= 15 is 0 Å². The number of ether oxygens (including phenoxy) is 2. The summed E-state index contributed by atoms with van der Waals surface area (Å²) >= 11 is 0. The normalized spacial score (nSPS) is 17.3. The molecule has 0 saturated carbocycles. The predicted octanol–water partition coefficient (Wildman–Crippen LogP) is 2.33. The van der Waals surface area contributed by atoms with Gasteiger partial charge in [-0.25, -0.2) is 12.7 Å². The van der Waals surface area contributed by atoms with Crippen molar-refractivity contribution in [1.29, 1.82) is 0 Å². The monoisotopic (exact) mass is 398 g/mol. The number of benzene rings is 1. The zero-order valence-corrected chi connectivity index (χ0v) is 17.3. The highest BCUT2D eigenvalue weighted by Gasteiger charge is 2.31. The van der Waals surface area contributed by atoms with Crippen LogP contribution in [0.25, 0.3) is 0 Å². The molecule has 0 spiro atoms. The SMILES string of the molecule is CC[C@H](NC(=O)C1CCN(S(=O)(=O)CC)CC1)c1ccc(OC)c(OC)c1. The number of methoxy groups -OCH3 is 2. The molecular weight excluding hydrogens is 368 g/mol. The van der Waals surface area contributed by atoms with Gasteiger partial charge < -0.3 is 14.8 Å². The number of amides is 1. The Morgan fingerprint density at radius 3 is 2.33 bits per heavy atom. The molecule has 1 fully saturated rings. The second kappa shape index (κ2) is 9.41. The van der Waals surface area contributed by atoms with E-state index in [2.05, 4.69) is 5.32 Å². The van der Waals surface area contributed by atoms with Crippen LogP contribution < -0.4 is 14.8 Å². The largest absolute Gasteiger partial charge is 0.493 e. The Labute approximate surface area is 162 Å². The second-order valence-electron chi connectivity index (χ2n) is 6.66. The summed E-state index contributed by atoms with van der Waals surface area (Å²) in [5.74, 6) is 1.18. The Kier molecular flexibility index (Phi) is 7.49. The van der Waals surface area contributed by atoms with Crippen molar-refractivity contribution in [2.75, 3.05) is 33.1 Å². The van der Waals surface area contributed by atoms with Gasteiger partial charge in [0, 0.05) is 19.0 Å². The predicted molar refractivity (Wildman–Crippen MR) is 104 cm³/mol. The lowest BCUT2D eigenvalue weighted by Gasteiger charge is -2.31. The third kappa shape index (κ3) is 5.13. The number of hydrogen-bond acceptors (Lipinski definition) is 5. The zero-order chi connectivity index (χ0) is 20.0. The van der Waals surface area contributed by atoms with E-state index in [1.165, 1.54) is 4.31 Å². The van der Waals surface area contributed by atoms with Crippen molar-refractivity contribution in [3.05, 3.63) is 23.8 Å². The van der Waals surface area contributed by atoms with Crippen LogP contribution in [0.4, 0.5) is 0 Å². The molecule has 1 aromatic rings. The van der Waals surface area contributed by atoms with E-state index in [-0.39, 0.29) is 23.6 Å². The molecule has 1 amide bonds. The summed E-state index contributed by atoms with van der Waals surface area (Å²) in [6.45, 7) is 4.46. The fourth-order valence-electron chi connectivity index (χ4n) is 3.36. The van der Waals surface area contributed by atoms with Crippen molar-refractivity contribution in [1.82, 2.24) is 9.62 Å². The van der Waals surface area contributed by atoms with E-state index in [1.54, 1.807) is 21.1 Å². The number of nitrogens with one attached hydrogen (secondary N) is 1. The maximum Gasteiger partial charge on any atom is 0.223 e. The van der Waals surface area contributed by atoms with E-state index in [4.69, 9.17) is 9.47 Å². The van der Waals surface area contributed by atoms with Gasteiger partial charge in [0.2, 0.25) is 15.9 Å². The molecular formula is C19H30N2O5S. The molecule has 27 heavy (non-hydrogen) atoms. The van der Waals surface area contributed by atoms with Crippen LogP contribution in [-0.2, 0) is 14.8 Å². The highest BCUT2D eigenvalue weighted by molar-refractivity contribution is 7.89. The van der Waals surface area contributed by atoms with Crippen LogP contribution in [0.5, 0.6) is 11.5 Å². The molecule has 0 aromatic heterocycles. The zero-order valence-electron chi connectivity index (χ0n) is 16.5. The maximum atomic E-state index is 12.7. The van der Waals surface area contributed by atoms with E-state index < -0.39 is 10.0 Å². The van der Waals surface area contributed by atoms with Gasteiger partial charge in [-0.3, -0.25) is 4.79 Å². The molecule has 0 bridgehead atoms. The number of carbonyl (C=O) groups is 1. The smallest absolute Gasteiger partial charge is 0.223 e. The van der Waals surface area contributed by atoms with Crippen molar-refractivity contribution < 1.29 is 22.7 Å². The molecule has 1 aromatic carbocycles. The summed E-state index contributed by atoms with van der Waals surface area (Å²) in [6.07, 6.45) is 1.84. The molecule has 1 heterocycles. The average molecular weight is 399 g/mol. The molecule has 1 aliphatic heterocycles. The van der Waals surface area contributed by atoms with E-state index in [0.717, 1.165) is 12.0 Å². The molecule has 0 unspecified atom stereocenters. The van der Waals surface area contributed by atoms with Gasteiger partial charge in [-0.2, -0.15) is 0 Å². The van der Waals surface area contributed by atoms with Gasteiger partial charge in [-0.05, 0) is 43.9 Å². The second-order valence-corrected chi connectivity index (χ2v) is 8.92. The third-order valence-corrected chi connectivity index (χ3v) is 7.00. The summed E-state index contributed by atoms with van der Waals surface area (Å²) in [5.41, 5.74) is 0.953. The minimum Gasteiger partial charge on any atom is -0.493 e. The molecule has 152 valence electrons. The summed E-state index contributed by atoms with van der Waals surface area (Å²) in [5, 5.41) is 3.11. The fourth-order valence-corrected chi connectivity index (χ4v) is 4.49. The highest BCUT2D eigenvalue weighted by Crippen LogP contribution is 2.31. The molecule has 1 N–H and O–H groups in total. The number of hydrogen-bond donors (Lipinski definition) is 1. The number of rotatable bonds is 8. The van der Waals surface area contributed by atoms with Crippen LogP contribution in [-0.4, -0.2) is 51.7 Å².